The first-order valence-electron chi connectivity index (χ1n) is 7.37. The van der Waals surface area contributed by atoms with Crippen LogP contribution in [-0.4, -0.2) is 33.2 Å². The first-order chi connectivity index (χ1) is 9.90. The molecule has 116 valence electrons. The number of sulfonamides is 1. The molecule has 1 aliphatic heterocycles. The fourth-order valence-electron chi connectivity index (χ4n) is 3.22. The van der Waals surface area contributed by atoms with Gasteiger partial charge in [0.25, 0.3) is 0 Å². The summed E-state index contributed by atoms with van der Waals surface area (Å²) in [6.45, 7) is 4.56. The largest absolute Gasteiger partial charge is 0.376 e. The van der Waals surface area contributed by atoms with Crippen molar-refractivity contribution in [2.24, 2.45) is 11.7 Å². The molecule has 1 saturated carbocycles. The molecule has 5 nitrogen and oxygen atoms in total. The van der Waals surface area contributed by atoms with E-state index in [0.29, 0.717) is 6.61 Å². The van der Waals surface area contributed by atoms with Crippen molar-refractivity contribution in [3.8, 4) is 0 Å². The topological polar surface area (TPSA) is 81.4 Å². The molecule has 4 atom stereocenters. The molecule has 0 aromatic heterocycles. The summed E-state index contributed by atoms with van der Waals surface area (Å²) in [5.41, 5.74) is 8.14. The molecule has 4 unspecified atom stereocenters. The lowest BCUT2D eigenvalue weighted by Gasteiger charge is -2.52. The summed E-state index contributed by atoms with van der Waals surface area (Å²) in [6, 6.07) is 4.68. The van der Waals surface area contributed by atoms with Gasteiger partial charge in [0.15, 0.2) is 0 Å². The highest BCUT2D eigenvalue weighted by atomic mass is 32.2. The van der Waals surface area contributed by atoms with Gasteiger partial charge in [0.2, 0.25) is 10.0 Å². The average molecular weight is 310 g/mol. The minimum Gasteiger partial charge on any atom is -0.376 e. The molecular formula is C15H22N2O3S. The Bertz CT molecular complexity index is 644. The summed E-state index contributed by atoms with van der Waals surface area (Å²) in [5, 5.41) is 0. The fourth-order valence-corrected chi connectivity index (χ4v) is 4.59. The van der Waals surface area contributed by atoms with Gasteiger partial charge in [0.05, 0.1) is 17.0 Å². The number of ether oxygens (including phenoxy) is 1. The first kappa shape index (κ1) is 15.0. The van der Waals surface area contributed by atoms with E-state index in [9.17, 15) is 8.42 Å². The van der Waals surface area contributed by atoms with Crippen LogP contribution in [-0.2, 0) is 14.8 Å². The van der Waals surface area contributed by atoms with E-state index in [1.54, 1.807) is 12.1 Å². The Morgan fingerprint density at radius 3 is 2.76 bits per heavy atom. The van der Waals surface area contributed by atoms with E-state index in [2.05, 4.69) is 4.72 Å². The second kappa shape index (κ2) is 5.35. The zero-order valence-electron chi connectivity index (χ0n) is 12.4. The van der Waals surface area contributed by atoms with E-state index in [-0.39, 0.29) is 29.0 Å². The number of rotatable bonds is 3. The average Bonchev–Trinajstić information content (AvgIpc) is 2.47. The van der Waals surface area contributed by atoms with Crippen LogP contribution in [0.15, 0.2) is 23.1 Å². The monoisotopic (exact) mass is 310 g/mol. The van der Waals surface area contributed by atoms with Gasteiger partial charge in [-0.2, -0.15) is 0 Å². The van der Waals surface area contributed by atoms with Gasteiger partial charge in [-0.05, 0) is 49.9 Å². The number of benzene rings is 1. The van der Waals surface area contributed by atoms with Gasteiger partial charge in [-0.15, -0.1) is 0 Å². The van der Waals surface area contributed by atoms with Crippen LogP contribution in [0.25, 0.3) is 0 Å². The highest BCUT2D eigenvalue weighted by Gasteiger charge is 2.51. The molecule has 1 aromatic rings. The van der Waals surface area contributed by atoms with Gasteiger partial charge >= 0.3 is 0 Å². The molecule has 0 radical (unpaired) electrons. The Morgan fingerprint density at radius 2 is 2.05 bits per heavy atom. The predicted molar refractivity (Wildman–Crippen MR) is 80.5 cm³/mol. The van der Waals surface area contributed by atoms with Crippen molar-refractivity contribution in [3.63, 3.8) is 0 Å². The minimum absolute atomic E-state index is 0.0740. The lowest BCUT2D eigenvalue weighted by atomic mass is 9.69. The molecule has 2 fully saturated rings. The second-order valence-electron chi connectivity index (χ2n) is 6.11. The highest BCUT2D eigenvalue weighted by Crippen LogP contribution is 2.37. The van der Waals surface area contributed by atoms with Crippen LogP contribution in [0.5, 0.6) is 0 Å². The first-order valence-corrected chi connectivity index (χ1v) is 8.85. The molecule has 1 aliphatic carbocycles. The summed E-state index contributed by atoms with van der Waals surface area (Å²) in [5.74, 6) is 0.284. The van der Waals surface area contributed by atoms with Gasteiger partial charge in [-0.1, -0.05) is 6.07 Å². The van der Waals surface area contributed by atoms with Crippen molar-refractivity contribution >= 4 is 10.0 Å². The molecule has 3 rings (SSSR count). The number of nitrogens with two attached hydrogens (primary N) is 1. The predicted octanol–water partition coefficient (Wildman–Crippen LogP) is 1.09. The molecule has 3 N–H and O–H groups in total. The lowest BCUT2D eigenvalue weighted by molar-refractivity contribution is -0.114. The van der Waals surface area contributed by atoms with Crippen LogP contribution >= 0.6 is 0 Å². The van der Waals surface area contributed by atoms with Gasteiger partial charge in [0, 0.05) is 18.6 Å². The van der Waals surface area contributed by atoms with Crippen LogP contribution in [0.3, 0.4) is 0 Å². The van der Waals surface area contributed by atoms with Crippen LogP contribution in [0.2, 0.25) is 0 Å². The molecule has 1 heterocycles. The van der Waals surface area contributed by atoms with Crippen LogP contribution in [0.1, 0.15) is 24.0 Å². The minimum atomic E-state index is -3.55. The van der Waals surface area contributed by atoms with Gasteiger partial charge in [0.1, 0.15) is 0 Å². The van der Waals surface area contributed by atoms with Crippen LogP contribution in [0.4, 0.5) is 0 Å². The summed E-state index contributed by atoms with van der Waals surface area (Å²) in [4.78, 5) is 0.289. The quantitative estimate of drug-likeness (QED) is 0.875. The van der Waals surface area contributed by atoms with Gasteiger partial charge < -0.3 is 10.5 Å². The standard InChI is InChI=1S/C15H22N2O3S/c1-9-5-6-11(8-10(9)2)21(18,19)17-14-13(16)12-4-3-7-20-15(12)14/h5-6,8,12-15,17H,3-4,7,16H2,1-2H3. The van der Waals surface area contributed by atoms with Crippen molar-refractivity contribution in [1.29, 1.82) is 0 Å². The lowest BCUT2D eigenvalue weighted by Crippen LogP contribution is -2.71. The third kappa shape index (κ3) is 2.61. The molecule has 0 spiro atoms. The van der Waals surface area contributed by atoms with Crippen molar-refractivity contribution in [1.82, 2.24) is 4.72 Å². The molecule has 6 heteroatoms. The third-order valence-electron chi connectivity index (χ3n) is 4.76. The van der Waals surface area contributed by atoms with Crippen molar-refractivity contribution in [2.45, 2.75) is 49.8 Å². The molecule has 0 amide bonds. The Balaban J connectivity index is 1.78. The highest BCUT2D eigenvalue weighted by molar-refractivity contribution is 7.89. The summed E-state index contributed by atoms with van der Waals surface area (Å²) in [6.07, 6.45) is 1.95. The van der Waals surface area contributed by atoms with Crippen molar-refractivity contribution < 1.29 is 13.2 Å². The van der Waals surface area contributed by atoms with E-state index in [1.165, 1.54) is 0 Å². The third-order valence-corrected chi connectivity index (χ3v) is 6.21. The normalized spacial score (nSPS) is 32.3. The zero-order chi connectivity index (χ0) is 15.2. The Hall–Kier alpha value is -0.950. The molecule has 2 aliphatic rings. The molecule has 0 bridgehead atoms. The summed E-state index contributed by atoms with van der Waals surface area (Å²) < 4.78 is 33.4. The summed E-state index contributed by atoms with van der Waals surface area (Å²) >= 11 is 0. The van der Waals surface area contributed by atoms with E-state index in [0.717, 1.165) is 24.0 Å². The maximum Gasteiger partial charge on any atom is 0.240 e. The van der Waals surface area contributed by atoms with E-state index >= 15 is 0 Å². The number of aryl methyl sites for hydroxylation is 2. The van der Waals surface area contributed by atoms with E-state index < -0.39 is 10.0 Å². The smallest absolute Gasteiger partial charge is 0.240 e. The van der Waals surface area contributed by atoms with Crippen LogP contribution in [0, 0.1) is 19.8 Å². The number of hydrogen-bond donors (Lipinski definition) is 2. The second-order valence-corrected chi connectivity index (χ2v) is 7.83. The summed E-state index contributed by atoms with van der Waals surface area (Å²) in [7, 11) is -3.55. The SMILES string of the molecule is Cc1ccc(S(=O)(=O)NC2C(N)C3CCCOC32)cc1C. The molecule has 21 heavy (non-hydrogen) atoms. The number of hydrogen-bond acceptors (Lipinski definition) is 4. The maximum atomic E-state index is 12.5. The van der Waals surface area contributed by atoms with E-state index in [1.807, 2.05) is 19.9 Å². The maximum absolute atomic E-state index is 12.5. The van der Waals surface area contributed by atoms with Crippen molar-refractivity contribution in [3.05, 3.63) is 29.3 Å². The molecule has 1 saturated heterocycles. The zero-order valence-corrected chi connectivity index (χ0v) is 13.2. The molecule has 1 aromatic carbocycles. The van der Waals surface area contributed by atoms with E-state index in [4.69, 9.17) is 10.5 Å². The van der Waals surface area contributed by atoms with Crippen molar-refractivity contribution in [2.75, 3.05) is 6.61 Å². The van der Waals surface area contributed by atoms with Crippen LogP contribution < -0.4 is 10.5 Å². The number of nitrogens with one attached hydrogen (secondary N) is 1. The number of fused-ring (bicyclic) bond motifs is 1. The fraction of sp³-hybridized carbons (Fsp3) is 0.600. The Labute approximate surface area is 125 Å². The van der Waals surface area contributed by atoms with Gasteiger partial charge in [-0.25, -0.2) is 13.1 Å². The molecular weight excluding hydrogens is 288 g/mol. The van der Waals surface area contributed by atoms with Gasteiger partial charge in [-0.3, -0.25) is 0 Å². The Morgan fingerprint density at radius 1 is 1.29 bits per heavy atom. The Kier molecular flexibility index (Phi) is 3.81.